The number of amides is 1. The molecular formula is C19H25N2O8+. The Hall–Kier alpha value is -3.01. The Bertz CT molecular complexity index is 841. The van der Waals surface area contributed by atoms with Crippen molar-refractivity contribution in [3.63, 3.8) is 0 Å². The minimum absolute atomic E-state index is 0.191. The molecule has 0 spiro atoms. The molecule has 1 amide bonds. The minimum Gasteiger partial charge on any atom is -0.463 e. The van der Waals surface area contributed by atoms with Gasteiger partial charge in [0.15, 0.2) is 18.5 Å². The number of nitrogens with zero attached hydrogens (tertiary/aromatic N) is 1. The molecule has 1 aromatic heterocycles. The van der Waals surface area contributed by atoms with E-state index >= 15 is 0 Å². The van der Waals surface area contributed by atoms with Crippen molar-refractivity contribution in [2.24, 2.45) is 5.73 Å². The number of hydrogen-bond acceptors (Lipinski definition) is 8. The first kappa shape index (κ1) is 22.3. The van der Waals surface area contributed by atoms with Gasteiger partial charge in [0.2, 0.25) is 6.10 Å². The van der Waals surface area contributed by atoms with Crippen LogP contribution in [0.25, 0.3) is 0 Å². The Morgan fingerprint density at radius 2 is 1.66 bits per heavy atom. The van der Waals surface area contributed by atoms with E-state index in [1.54, 1.807) is 26.1 Å². The van der Waals surface area contributed by atoms with Crippen molar-refractivity contribution in [2.45, 2.75) is 58.2 Å². The van der Waals surface area contributed by atoms with E-state index in [-0.39, 0.29) is 12.2 Å². The third-order valence-electron chi connectivity index (χ3n) is 4.59. The van der Waals surface area contributed by atoms with E-state index in [2.05, 4.69) is 0 Å². The number of carbonyl (C=O) groups excluding carboxylic acids is 4. The summed E-state index contributed by atoms with van der Waals surface area (Å²) >= 11 is 0. The Kier molecular flexibility index (Phi) is 6.27. The van der Waals surface area contributed by atoms with Gasteiger partial charge in [0.1, 0.15) is 17.8 Å². The van der Waals surface area contributed by atoms with E-state index in [1.165, 1.54) is 37.6 Å². The molecule has 10 heteroatoms. The summed E-state index contributed by atoms with van der Waals surface area (Å²) in [4.78, 5) is 46.5. The Morgan fingerprint density at radius 3 is 2.17 bits per heavy atom. The predicted octanol–water partition coefficient (Wildman–Crippen LogP) is -0.0389. The number of esters is 3. The molecular weight excluding hydrogens is 384 g/mol. The maximum atomic E-state index is 11.8. The van der Waals surface area contributed by atoms with Crippen LogP contribution in [-0.2, 0) is 39.1 Å². The molecule has 0 aliphatic carbocycles. The smallest absolute Gasteiger partial charge is 0.311 e. The van der Waals surface area contributed by atoms with Gasteiger partial charge in [0.25, 0.3) is 5.91 Å². The lowest BCUT2D eigenvalue weighted by molar-refractivity contribution is -0.810. The summed E-state index contributed by atoms with van der Waals surface area (Å²) in [6, 6.07) is 3.09. The Morgan fingerprint density at radius 1 is 1.07 bits per heavy atom. The normalized spacial score (nSPS) is 28.4. The molecule has 0 aromatic carbocycles. The van der Waals surface area contributed by atoms with Crippen molar-refractivity contribution in [3.05, 3.63) is 30.1 Å². The second-order valence-electron chi connectivity index (χ2n) is 7.17. The first-order chi connectivity index (χ1) is 13.4. The van der Waals surface area contributed by atoms with Crippen LogP contribution in [0.3, 0.4) is 0 Å². The minimum atomic E-state index is -1.41. The molecule has 1 aromatic rings. The zero-order valence-electron chi connectivity index (χ0n) is 17.0. The maximum Gasteiger partial charge on any atom is 0.311 e. The van der Waals surface area contributed by atoms with Crippen molar-refractivity contribution in [2.75, 3.05) is 6.61 Å². The second-order valence-corrected chi connectivity index (χ2v) is 7.17. The van der Waals surface area contributed by atoms with Gasteiger partial charge in [-0.15, -0.1) is 0 Å². The lowest BCUT2D eigenvalue weighted by Gasteiger charge is -2.29. The highest BCUT2D eigenvalue weighted by Crippen LogP contribution is 2.42. The van der Waals surface area contributed by atoms with E-state index in [9.17, 15) is 19.2 Å². The van der Waals surface area contributed by atoms with E-state index < -0.39 is 47.3 Å². The highest BCUT2D eigenvalue weighted by atomic mass is 16.7. The van der Waals surface area contributed by atoms with Crippen LogP contribution in [0.2, 0.25) is 0 Å². The van der Waals surface area contributed by atoms with Crippen molar-refractivity contribution in [3.8, 4) is 0 Å². The number of aromatic nitrogens is 1. The summed E-state index contributed by atoms with van der Waals surface area (Å²) in [6.45, 7) is 6.55. The standard InChI is InChI=1S/C19H24N2O8/c1-11(22)26-10-18(4)15(27-12(2)23)16(28-13(3)24)19(5,29-18)21-8-6-7-14(9-21)17(20)25/h6-9,15-16H,10H2,1-5H3,(H-,20,25)/p+1. The third kappa shape index (κ3) is 4.70. The zero-order valence-corrected chi connectivity index (χ0v) is 17.0. The zero-order chi connectivity index (χ0) is 22.0. The van der Waals surface area contributed by atoms with Crippen LogP contribution in [0, 0.1) is 0 Å². The number of pyridine rings is 1. The van der Waals surface area contributed by atoms with Gasteiger partial charge < -0.3 is 24.7 Å². The Labute approximate surface area is 167 Å². The van der Waals surface area contributed by atoms with E-state index in [0.717, 1.165) is 0 Å². The van der Waals surface area contributed by atoms with Crippen LogP contribution in [0.5, 0.6) is 0 Å². The van der Waals surface area contributed by atoms with Gasteiger partial charge >= 0.3 is 23.6 Å². The van der Waals surface area contributed by atoms with Gasteiger partial charge in [-0.25, -0.2) is 0 Å². The van der Waals surface area contributed by atoms with Gasteiger partial charge in [0, 0.05) is 33.8 Å². The quantitative estimate of drug-likeness (QED) is 0.393. The van der Waals surface area contributed by atoms with E-state index in [0.29, 0.717) is 0 Å². The molecule has 2 heterocycles. The molecule has 0 radical (unpaired) electrons. The van der Waals surface area contributed by atoms with Crippen molar-refractivity contribution >= 4 is 23.8 Å². The van der Waals surface area contributed by atoms with Crippen LogP contribution in [0.15, 0.2) is 24.5 Å². The monoisotopic (exact) mass is 409 g/mol. The first-order valence-corrected chi connectivity index (χ1v) is 8.88. The summed E-state index contributed by atoms with van der Waals surface area (Å²) in [5.41, 5.74) is 2.80. The number of ether oxygens (including phenoxy) is 4. The van der Waals surface area contributed by atoms with Crippen LogP contribution in [0.1, 0.15) is 45.0 Å². The maximum absolute atomic E-state index is 11.8. The van der Waals surface area contributed by atoms with E-state index in [4.69, 9.17) is 24.7 Å². The highest BCUT2D eigenvalue weighted by molar-refractivity contribution is 5.92. The third-order valence-corrected chi connectivity index (χ3v) is 4.59. The number of primary amides is 1. The fraction of sp³-hybridized carbons (Fsp3) is 0.526. The highest BCUT2D eigenvalue weighted by Gasteiger charge is 2.68. The fourth-order valence-corrected chi connectivity index (χ4v) is 3.36. The molecule has 4 unspecified atom stereocenters. The molecule has 29 heavy (non-hydrogen) atoms. The van der Waals surface area contributed by atoms with Crippen molar-refractivity contribution in [1.29, 1.82) is 0 Å². The summed E-state index contributed by atoms with van der Waals surface area (Å²) in [6.07, 6.45) is 0.808. The molecule has 158 valence electrons. The number of carbonyl (C=O) groups is 4. The summed E-state index contributed by atoms with van der Waals surface area (Å²) in [5, 5.41) is 0. The van der Waals surface area contributed by atoms with Crippen LogP contribution < -0.4 is 10.3 Å². The molecule has 2 N–H and O–H groups in total. The molecule has 0 bridgehead atoms. The number of hydrogen-bond donors (Lipinski definition) is 1. The number of rotatable bonds is 6. The molecule has 1 fully saturated rings. The summed E-state index contributed by atoms with van der Waals surface area (Å²) in [7, 11) is 0. The molecule has 0 saturated carbocycles. The Balaban J connectivity index is 2.60. The van der Waals surface area contributed by atoms with Crippen molar-refractivity contribution < 1.29 is 42.7 Å². The molecule has 1 aliphatic heterocycles. The number of nitrogens with two attached hydrogens (primary N) is 1. The summed E-state index contributed by atoms with van der Waals surface area (Å²) in [5.74, 6) is -2.49. The second kappa shape index (κ2) is 8.16. The lowest BCUT2D eigenvalue weighted by Crippen LogP contribution is -2.62. The van der Waals surface area contributed by atoms with Crippen LogP contribution in [-0.4, -0.2) is 48.2 Å². The van der Waals surface area contributed by atoms with Crippen molar-refractivity contribution in [1.82, 2.24) is 0 Å². The topological polar surface area (TPSA) is 135 Å². The van der Waals surface area contributed by atoms with Gasteiger partial charge in [-0.3, -0.25) is 19.2 Å². The molecule has 1 aliphatic rings. The van der Waals surface area contributed by atoms with Gasteiger partial charge in [-0.1, -0.05) is 0 Å². The SMILES string of the molecule is CC(=O)OCC1(C)OC(C)([n+]2cccc(C(N)=O)c2)C(OC(C)=O)C1OC(C)=O. The molecule has 10 nitrogen and oxygen atoms in total. The molecule has 2 rings (SSSR count). The average molecular weight is 409 g/mol. The predicted molar refractivity (Wildman–Crippen MR) is 96.0 cm³/mol. The lowest BCUT2D eigenvalue weighted by atomic mass is 9.95. The van der Waals surface area contributed by atoms with Crippen LogP contribution in [0.4, 0.5) is 0 Å². The fourth-order valence-electron chi connectivity index (χ4n) is 3.36. The van der Waals surface area contributed by atoms with Gasteiger partial charge in [-0.2, -0.15) is 4.57 Å². The van der Waals surface area contributed by atoms with E-state index in [1.807, 2.05) is 0 Å². The molecule has 1 saturated heterocycles. The summed E-state index contributed by atoms with van der Waals surface area (Å²) < 4.78 is 23.7. The average Bonchev–Trinajstić information content (AvgIpc) is 2.82. The largest absolute Gasteiger partial charge is 0.463 e. The van der Waals surface area contributed by atoms with Gasteiger partial charge in [-0.05, 0) is 13.0 Å². The molecule has 4 atom stereocenters. The first-order valence-electron chi connectivity index (χ1n) is 8.88. The van der Waals surface area contributed by atoms with Crippen LogP contribution >= 0.6 is 0 Å². The van der Waals surface area contributed by atoms with Gasteiger partial charge in [0.05, 0.1) is 0 Å².